The van der Waals surface area contributed by atoms with Crippen molar-refractivity contribution < 1.29 is 0 Å². The summed E-state index contributed by atoms with van der Waals surface area (Å²) in [6.45, 7) is 8.16. The number of likely N-dealkylation sites (tertiary alicyclic amines) is 1. The lowest BCUT2D eigenvalue weighted by Crippen LogP contribution is -2.37. The summed E-state index contributed by atoms with van der Waals surface area (Å²) in [5, 5.41) is 3.52. The van der Waals surface area contributed by atoms with Gasteiger partial charge in [-0.1, -0.05) is 35.0 Å². The number of piperidine rings is 1. The molecule has 0 amide bonds. The van der Waals surface area contributed by atoms with Crippen LogP contribution in [0.4, 0.5) is 0 Å². The van der Waals surface area contributed by atoms with Gasteiger partial charge in [-0.05, 0) is 49.5 Å². The Morgan fingerprint density at radius 3 is 2.56 bits per heavy atom. The van der Waals surface area contributed by atoms with E-state index >= 15 is 0 Å². The lowest BCUT2D eigenvalue weighted by atomic mass is 9.99. The second-order valence-electron chi connectivity index (χ2n) is 5.33. The molecule has 0 aromatic heterocycles. The van der Waals surface area contributed by atoms with Gasteiger partial charge in [-0.3, -0.25) is 0 Å². The number of benzene rings is 1. The van der Waals surface area contributed by atoms with Gasteiger partial charge in [0.25, 0.3) is 0 Å². The van der Waals surface area contributed by atoms with Crippen molar-refractivity contribution in [3.63, 3.8) is 0 Å². The van der Waals surface area contributed by atoms with Crippen molar-refractivity contribution in [1.82, 2.24) is 10.2 Å². The molecule has 1 aromatic rings. The Balaban J connectivity index is 1.60. The van der Waals surface area contributed by atoms with Crippen molar-refractivity contribution in [2.45, 2.75) is 26.3 Å². The third-order valence-corrected chi connectivity index (χ3v) is 4.25. The summed E-state index contributed by atoms with van der Waals surface area (Å²) in [5.74, 6) is 0.928. The lowest BCUT2D eigenvalue weighted by molar-refractivity contribution is 0.193. The third-order valence-electron chi connectivity index (χ3n) is 3.72. The molecule has 0 atom stereocenters. The Morgan fingerprint density at radius 2 is 1.89 bits per heavy atom. The summed E-state index contributed by atoms with van der Waals surface area (Å²) >= 11 is 3.46. The monoisotopic (exact) mass is 310 g/mol. The van der Waals surface area contributed by atoms with E-state index in [1.165, 1.54) is 38.0 Å². The van der Waals surface area contributed by atoms with Crippen LogP contribution in [0.2, 0.25) is 0 Å². The van der Waals surface area contributed by atoms with Gasteiger partial charge in [-0.15, -0.1) is 0 Å². The molecule has 1 N–H and O–H groups in total. The lowest BCUT2D eigenvalue weighted by Gasteiger charge is -2.30. The highest BCUT2D eigenvalue weighted by molar-refractivity contribution is 9.10. The molecule has 1 fully saturated rings. The van der Waals surface area contributed by atoms with E-state index in [0.717, 1.165) is 23.5 Å². The Hall–Kier alpha value is -0.380. The summed E-state index contributed by atoms with van der Waals surface area (Å²) in [7, 11) is 0. The number of halogens is 1. The predicted octanol–water partition coefficient (Wildman–Crippen LogP) is 3.27. The van der Waals surface area contributed by atoms with E-state index in [4.69, 9.17) is 0 Å². The zero-order valence-electron chi connectivity index (χ0n) is 11.2. The van der Waals surface area contributed by atoms with E-state index in [1.54, 1.807) is 0 Å². The van der Waals surface area contributed by atoms with Crippen molar-refractivity contribution in [2.24, 2.45) is 5.92 Å². The second kappa shape index (κ2) is 7.27. The molecule has 100 valence electrons. The molecular weight excluding hydrogens is 288 g/mol. The molecule has 0 bridgehead atoms. The fourth-order valence-electron chi connectivity index (χ4n) is 2.36. The van der Waals surface area contributed by atoms with Crippen molar-refractivity contribution in [2.75, 3.05) is 26.2 Å². The molecule has 0 spiro atoms. The predicted molar refractivity (Wildman–Crippen MR) is 80.7 cm³/mol. The number of nitrogens with one attached hydrogen (secondary N) is 1. The van der Waals surface area contributed by atoms with Crippen LogP contribution in [0.1, 0.15) is 25.3 Å². The topological polar surface area (TPSA) is 15.3 Å². The van der Waals surface area contributed by atoms with E-state index < -0.39 is 0 Å². The number of hydrogen-bond acceptors (Lipinski definition) is 2. The van der Waals surface area contributed by atoms with Crippen LogP contribution in [0.3, 0.4) is 0 Å². The van der Waals surface area contributed by atoms with Gasteiger partial charge in [0, 0.05) is 24.1 Å². The van der Waals surface area contributed by atoms with E-state index in [0.29, 0.717) is 0 Å². The van der Waals surface area contributed by atoms with Crippen LogP contribution in [0.5, 0.6) is 0 Å². The minimum absolute atomic E-state index is 0.928. The maximum absolute atomic E-state index is 3.52. The SMILES string of the molecule is CC1CCN(CCNCc2ccc(Br)cc2)CC1. The smallest absolute Gasteiger partial charge is 0.0206 e. The molecule has 0 unspecified atom stereocenters. The zero-order valence-corrected chi connectivity index (χ0v) is 12.7. The largest absolute Gasteiger partial charge is 0.311 e. The molecule has 0 aliphatic carbocycles. The molecule has 1 aliphatic rings. The molecule has 2 nitrogen and oxygen atoms in total. The number of nitrogens with zero attached hydrogens (tertiary/aromatic N) is 1. The second-order valence-corrected chi connectivity index (χ2v) is 6.24. The molecule has 2 rings (SSSR count). The Bertz CT molecular complexity index is 342. The Morgan fingerprint density at radius 1 is 1.22 bits per heavy atom. The Labute approximate surface area is 119 Å². The van der Waals surface area contributed by atoms with E-state index in [-0.39, 0.29) is 0 Å². The minimum Gasteiger partial charge on any atom is -0.311 e. The van der Waals surface area contributed by atoms with Crippen molar-refractivity contribution in [1.29, 1.82) is 0 Å². The summed E-state index contributed by atoms with van der Waals surface area (Å²) in [6, 6.07) is 8.53. The van der Waals surface area contributed by atoms with E-state index in [2.05, 4.69) is 57.3 Å². The van der Waals surface area contributed by atoms with Gasteiger partial charge in [0.2, 0.25) is 0 Å². The first kappa shape index (κ1) is 14.0. The fraction of sp³-hybridized carbons (Fsp3) is 0.600. The number of hydrogen-bond donors (Lipinski definition) is 1. The van der Waals surface area contributed by atoms with Crippen molar-refractivity contribution in [3.8, 4) is 0 Å². The van der Waals surface area contributed by atoms with Crippen LogP contribution in [0, 0.1) is 5.92 Å². The minimum atomic E-state index is 0.928. The highest BCUT2D eigenvalue weighted by atomic mass is 79.9. The summed E-state index contributed by atoms with van der Waals surface area (Å²) in [4.78, 5) is 2.58. The Kier molecular flexibility index (Phi) is 5.67. The molecule has 0 radical (unpaired) electrons. The van der Waals surface area contributed by atoms with Gasteiger partial charge >= 0.3 is 0 Å². The standard InChI is InChI=1S/C15H23BrN2/c1-13-6-9-18(10-7-13)11-8-17-12-14-2-4-15(16)5-3-14/h2-5,13,17H,6-12H2,1H3. The molecule has 1 aromatic carbocycles. The first-order valence-corrected chi connectivity index (χ1v) is 7.71. The van der Waals surface area contributed by atoms with E-state index in [9.17, 15) is 0 Å². The molecule has 1 saturated heterocycles. The average molecular weight is 311 g/mol. The number of rotatable bonds is 5. The fourth-order valence-corrected chi connectivity index (χ4v) is 2.62. The summed E-state index contributed by atoms with van der Waals surface area (Å²) in [5.41, 5.74) is 1.35. The molecular formula is C15H23BrN2. The highest BCUT2D eigenvalue weighted by Crippen LogP contribution is 2.15. The molecule has 3 heteroatoms. The highest BCUT2D eigenvalue weighted by Gasteiger charge is 2.14. The van der Waals surface area contributed by atoms with Crippen LogP contribution < -0.4 is 5.32 Å². The van der Waals surface area contributed by atoms with Gasteiger partial charge < -0.3 is 10.2 Å². The molecule has 0 saturated carbocycles. The molecule has 1 aliphatic heterocycles. The van der Waals surface area contributed by atoms with Gasteiger partial charge in [0.1, 0.15) is 0 Å². The summed E-state index contributed by atoms with van der Waals surface area (Å²) < 4.78 is 1.15. The van der Waals surface area contributed by atoms with Crippen LogP contribution in [0.15, 0.2) is 28.7 Å². The molecule has 1 heterocycles. The zero-order chi connectivity index (χ0) is 12.8. The van der Waals surface area contributed by atoms with Crippen LogP contribution in [-0.2, 0) is 6.54 Å². The maximum atomic E-state index is 3.52. The molecule has 18 heavy (non-hydrogen) atoms. The normalized spacial score (nSPS) is 18.1. The van der Waals surface area contributed by atoms with E-state index in [1.807, 2.05) is 0 Å². The van der Waals surface area contributed by atoms with Crippen LogP contribution >= 0.6 is 15.9 Å². The average Bonchev–Trinajstić information content (AvgIpc) is 2.39. The van der Waals surface area contributed by atoms with Crippen LogP contribution in [0.25, 0.3) is 0 Å². The van der Waals surface area contributed by atoms with Crippen LogP contribution in [-0.4, -0.2) is 31.1 Å². The first-order chi connectivity index (χ1) is 8.74. The maximum Gasteiger partial charge on any atom is 0.0206 e. The van der Waals surface area contributed by atoms with Gasteiger partial charge in [0.05, 0.1) is 0 Å². The van der Waals surface area contributed by atoms with Gasteiger partial charge in [-0.2, -0.15) is 0 Å². The first-order valence-electron chi connectivity index (χ1n) is 6.91. The van der Waals surface area contributed by atoms with Crippen molar-refractivity contribution >= 4 is 15.9 Å². The quantitative estimate of drug-likeness (QED) is 0.840. The van der Waals surface area contributed by atoms with Crippen molar-refractivity contribution in [3.05, 3.63) is 34.3 Å². The van der Waals surface area contributed by atoms with Gasteiger partial charge in [0.15, 0.2) is 0 Å². The third kappa shape index (κ3) is 4.71. The summed E-state index contributed by atoms with van der Waals surface area (Å²) in [6.07, 6.45) is 2.74. The van der Waals surface area contributed by atoms with Gasteiger partial charge in [-0.25, -0.2) is 0 Å².